The lowest BCUT2D eigenvalue weighted by atomic mass is 9.94. The van der Waals surface area contributed by atoms with Crippen LogP contribution in [0.3, 0.4) is 0 Å². The van der Waals surface area contributed by atoms with Crippen molar-refractivity contribution in [1.29, 1.82) is 0 Å². The molecule has 1 heterocycles. The van der Waals surface area contributed by atoms with Crippen molar-refractivity contribution in [3.05, 3.63) is 95.1 Å². The van der Waals surface area contributed by atoms with E-state index in [4.69, 9.17) is 5.73 Å². The molecule has 192 valence electrons. The highest BCUT2D eigenvalue weighted by atomic mass is 19.1. The highest BCUT2D eigenvalue weighted by Gasteiger charge is 2.34. The normalized spacial score (nSPS) is 15.4. The largest absolute Gasteiger partial charge is 0.351 e. The van der Waals surface area contributed by atoms with E-state index in [0.717, 1.165) is 6.07 Å². The Bertz CT molecular complexity index is 1340. The number of nitrogens with one attached hydrogen (secondary N) is 2. The topological polar surface area (TPSA) is 105 Å². The number of benzene rings is 3. The minimum atomic E-state index is -0.803. The molecule has 9 heteroatoms. The molecule has 1 aliphatic rings. The van der Waals surface area contributed by atoms with Crippen LogP contribution in [0.25, 0.3) is 0 Å². The summed E-state index contributed by atoms with van der Waals surface area (Å²) in [6.07, 6.45) is -0.131. The smallest absolute Gasteiger partial charge is 0.259 e. The number of halogens is 2. The number of nitrogens with zero attached hydrogens (tertiary/aromatic N) is 1. The van der Waals surface area contributed by atoms with Crippen LogP contribution in [0.4, 0.5) is 20.2 Å². The van der Waals surface area contributed by atoms with E-state index < -0.39 is 29.5 Å². The lowest BCUT2D eigenvalue weighted by Crippen LogP contribution is -2.38. The molecule has 4 N–H and O–H groups in total. The van der Waals surface area contributed by atoms with Crippen molar-refractivity contribution < 1.29 is 23.2 Å². The van der Waals surface area contributed by atoms with Gasteiger partial charge in [-0.25, -0.2) is 8.78 Å². The Balaban J connectivity index is 1.78. The SMILES string of the molecule is CC(C)(CN)CNC(=O)c1ccc2c(c1)NC(=O)CC(c1ccc(F)cc1)N2C(=O)c1cccc(F)c1. The van der Waals surface area contributed by atoms with Gasteiger partial charge in [0.15, 0.2) is 0 Å². The van der Waals surface area contributed by atoms with Gasteiger partial charge in [-0.05, 0) is 66.1 Å². The van der Waals surface area contributed by atoms with Gasteiger partial charge in [-0.15, -0.1) is 0 Å². The van der Waals surface area contributed by atoms with Crippen molar-refractivity contribution in [1.82, 2.24) is 5.32 Å². The van der Waals surface area contributed by atoms with Crippen molar-refractivity contribution >= 4 is 29.1 Å². The maximum absolute atomic E-state index is 14.0. The molecule has 4 rings (SSSR count). The number of carbonyl (C=O) groups is 3. The Labute approximate surface area is 213 Å². The van der Waals surface area contributed by atoms with Gasteiger partial charge in [0.25, 0.3) is 11.8 Å². The predicted molar refractivity (Wildman–Crippen MR) is 137 cm³/mol. The van der Waals surface area contributed by atoms with Crippen molar-refractivity contribution in [3.63, 3.8) is 0 Å². The third-order valence-corrected chi connectivity index (χ3v) is 6.31. The summed E-state index contributed by atoms with van der Waals surface area (Å²) >= 11 is 0. The van der Waals surface area contributed by atoms with Gasteiger partial charge in [0.2, 0.25) is 5.91 Å². The number of rotatable bonds is 6. The predicted octanol–water partition coefficient (Wildman–Crippen LogP) is 4.41. The Hall–Kier alpha value is -4.11. The molecule has 1 aliphatic heterocycles. The Kier molecular flexibility index (Phi) is 7.35. The second-order valence-electron chi connectivity index (χ2n) is 9.79. The second kappa shape index (κ2) is 10.5. The third kappa shape index (κ3) is 5.83. The quantitative estimate of drug-likeness (QED) is 0.461. The molecule has 0 radical (unpaired) electrons. The summed E-state index contributed by atoms with van der Waals surface area (Å²) in [6.45, 7) is 4.59. The molecule has 0 saturated heterocycles. The second-order valence-corrected chi connectivity index (χ2v) is 9.79. The average Bonchev–Trinajstić information content (AvgIpc) is 3.02. The maximum Gasteiger partial charge on any atom is 0.259 e. The summed E-state index contributed by atoms with van der Waals surface area (Å²) in [5.41, 5.74) is 6.92. The first-order valence-electron chi connectivity index (χ1n) is 11.8. The number of amides is 3. The van der Waals surface area contributed by atoms with Gasteiger partial charge in [0.05, 0.1) is 23.8 Å². The van der Waals surface area contributed by atoms with Crippen LogP contribution < -0.4 is 21.3 Å². The molecule has 0 aliphatic carbocycles. The average molecular weight is 507 g/mol. The molecule has 1 unspecified atom stereocenters. The number of hydrogen-bond acceptors (Lipinski definition) is 4. The monoisotopic (exact) mass is 506 g/mol. The van der Waals surface area contributed by atoms with Crippen LogP contribution in [-0.4, -0.2) is 30.8 Å². The van der Waals surface area contributed by atoms with E-state index in [-0.39, 0.29) is 34.6 Å². The van der Waals surface area contributed by atoms with Crippen LogP contribution in [0.15, 0.2) is 66.7 Å². The lowest BCUT2D eigenvalue weighted by Gasteiger charge is -2.31. The zero-order chi connectivity index (χ0) is 26.7. The standard InChI is InChI=1S/C28H28F2N4O3/c1-28(2,15-31)16-32-26(36)18-8-11-23-22(13-18)33-25(35)14-24(17-6-9-20(29)10-7-17)34(23)27(37)19-4-3-5-21(30)12-19/h3-13,24H,14-16,31H2,1-2H3,(H,32,36)(H,33,35). The molecule has 3 aromatic rings. The van der Waals surface area contributed by atoms with E-state index in [1.165, 1.54) is 53.4 Å². The minimum absolute atomic E-state index is 0.0817. The van der Waals surface area contributed by atoms with Crippen molar-refractivity contribution in [2.24, 2.45) is 11.1 Å². The zero-order valence-electron chi connectivity index (χ0n) is 20.6. The lowest BCUT2D eigenvalue weighted by molar-refractivity contribution is -0.116. The first kappa shape index (κ1) is 26.0. The van der Waals surface area contributed by atoms with Gasteiger partial charge < -0.3 is 16.4 Å². The molecule has 0 spiro atoms. The first-order valence-corrected chi connectivity index (χ1v) is 11.8. The molecule has 3 aromatic carbocycles. The summed E-state index contributed by atoms with van der Waals surface area (Å²) in [7, 11) is 0. The summed E-state index contributed by atoms with van der Waals surface area (Å²) < 4.78 is 27.6. The minimum Gasteiger partial charge on any atom is -0.351 e. The maximum atomic E-state index is 14.0. The number of carbonyl (C=O) groups excluding carboxylic acids is 3. The van der Waals surface area contributed by atoms with E-state index >= 15 is 0 Å². The van der Waals surface area contributed by atoms with Crippen LogP contribution in [0.2, 0.25) is 0 Å². The molecule has 0 aromatic heterocycles. The van der Waals surface area contributed by atoms with E-state index in [1.807, 2.05) is 13.8 Å². The summed E-state index contributed by atoms with van der Waals surface area (Å²) in [5, 5.41) is 5.62. The van der Waals surface area contributed by atoms with Crippen molar-refractivity contribution in [2.45, 2.75) is 26.3 Å². The van der Waals surface area contributed by atoms with Gasteiger partial charge >= 0.3 is 0 Å². The van der Waals surface area contributed by atoms with E-state index in [2.05, 4.69) is 10.6 Å². The van der Waals surface area contributed by atoms with Gasteiger partial charge in [-0.3, -0.25) is 19.3 Å². The van der Waals surface area contributed by atoms with Crippen molar-refractivity contribution in [3.8, 4) is 0 Å². The molecule has 0 fully saturated rings. The van der Waals surface area contributed by atoms with E-state index in [1.54, 1.807) is 12.1 Å². The van der Waals surface area contributed by atoms with Gasteiger partial charge in [-0.1, -0.05) is 32.0 Å². The Morgan fingerprint density at radius 2 is 1.76 bits per heavy atom. The van der Waals surface area contributed by atoms with E-state index in [9.17, 15) is 23.2 Å². The van der Waals surface area contributed by atoms with Crippen LogP contribution in [0.1, 0.15) is 52.6 Å². The molecule has 37 heavy (non-hydrogen) atoms. The Morgan fingerprint density at radius 1 is 1.03 bits per heavy atom. The van der Waals surface area contributed by atoms with Crippen molar-refractivity contribution in [2.75, 3.05) is 23.3 Å². The highest BCUT2D eigenvalue weighted by Crippen LogP contribution is 2.39. The molecule has 0 saturated carbocycles. The number of fused-ring (bicyclic) bond motifs is 1. The van der Waals surface area contributed by atoms with Crippen LogP contribution in [-0.2, 0) is 4.79 Å². The number of anilines is 2. The van der Waals surface area contributed by atoms with Crippen LogP contribution >= 0.6 is 0 Å². The fourth-order valence-corrected chi connectivity index (χ4v) is 4.08. The third-order valence-electron chi connectivity index (χ3n) is 6.31. The number of hydrogen-bond donors (Lipinski definition) is 3. The zero-order valence-corrected chi connectivity index (χ0v) is 20.6. The fourth-order valence-electron chi connectivity index (χ4n) is 4.08. The van der Waals surface area contributed by atoms with Gasteiger partial charge in [0, 0.05) is 17.7 Å². The molecule has 0 bridgehead atoms. The van der Waals surface area contributed by atoms with Crippen LogP contribution in [0, 0.1) is 17.0 Å². The fraction of sp³-hybridized carbons (Fsp3) is 0.250. The highest BCUT2D eigenvalue weighted by molar-refractivity contribution is 6.12. The number of nitrogens with two attached hydrogens (primary N) is 1. The molecular weight excluding hydrogens is 478 g/mol. The molecular formula is C28H28F2N4O3. The van der Waals surface area contributed by atoms with E-state index in [0.29, 0.717) is 24.3 Å². The summed E-state index contributed by atoms with van der Waals surface area (Å²) in [6, 6.07) is 14.6. The summed E-state index contributed by atoms with van der Waals surface area (Å²) in [4.78, 5) is 40.9. The van der Waals surface area contributed by atoms with Gasteiger partial charge in [0.1, 0.15) is 11.6 Å². The molecule has 1 atom stereocenters. The van der Waals surface area contributed by atoms with Crippen LogP contribution in [0.5, 0.6) is 0 Å². The summed E-state index contributed by atoms with van der Waals surface area (Å²) in [5.74, 6) is -2.35. The molecule has 3 amide bonds. The first-order chi connectivity index (χ1) is 17.6. The Morgan fingerprint density at radius 3 is 2.43 bits per heavy atom. The van der Waals surface area contributed by atoms with Gasteiger partial charge in [-0.2, -0.15) is 0 Å². The molecule has 7 nitrogen and oxygen atoms in total.